The van der Waals surface area contributed by atoms with Crippen molar-refractivity contribution in [3.05, 3.63) is 23.7 Å². The molecule has 0 fully saturated rings. The molecule has 1 aromatic heterocycles. The molecule has 6 heteroatoms. The quantitative estimate of drug-likeness (QED) is 0.788. The first-order valence-electron chi connectivity index (χ1n) is 6.02. The van der Waals surface area contributed by atoms with Crippen LogP contribution in [-0.4, -0.2) is 29.6 Å². The number of furan rings is 1. The number of amides is 1. The van der Waals surface area contributed by atoms with Crippen LogP contribution in [0, 0.1) is 0 Å². The van der Waals surface area contributed by atoms with Crippen molar-refractivity contribution >= 4 is 11.9 Å². The third-order valence-electron chi connectivity index (χ3n) is 2.91. The second kappa shape index (κ2) is 6.38. The molecule has 0 radical (unpaired) electrons. The van der Waals surface area contributed by atoms with E-state index >= 15 is 0 Å². The van der Waals surface area contributed by atoms with Crippen molar-refractivity contribution in [1.29, 1.82) is 0 Å². The van der Waals surface area contributed by atoms with E-state index in [1.54, 1.807) is 19.1 Å². The standard InChI is InChI=1S/C13H19NO5/c1-4-13(2,7-11(15)16)14-12(17)10-6-5-9(19-10)8-18-3/h5-6H,4,7-8H2,1-3H3,(H,14,17)(H,15,16)/t13-/m0/s1. The van der Waals surface area contributed by atoms with Gasteiger partial charge in [0.1, 0.15) is 12.4 Å². The van der Waals surface area contributed by atoms with Crippen LogP contribution in [0.3, 0.4) is 0 Å². The molecule has 1 atom stereocenters. The number of hydrogen-bond acceptors (Lipinski definition) is 4. The van der Waals surface area contributed by atoms with Crippen molar-refractivity contribution < 1.29 is 23.8 Å². The summed E-state index contributed by atoms with van der Waals surface area (Å²) in [7, 11) is 1.53. The number of aliphatic carboxylic acids is 1. The minimum absolute atomic E-state index is 0.138. The van der Waals surface area contributed by atoms with Gasteiger partial charge in [-0.25, -0.2) is 0 Å². The van der Waals surface area contributed by atoms with Gasteiger partial charge in [0.15, 0.2) is 5.76 Å². The molecule has 2 N–H and O–H groups in total. The van der Waals surface area contributed by atoms with Crippen molar-refractivity contribution in [2.75, 3.05) is 7.11 Å². The number of methoxy groups -OCH3 is 1. The van der Waals surface area contributed by atoms with Crippen LogP contribution >= 0.6 is 0 Å². The molecule has 0 saturated heterocycles. The summed E-state index contributed by atoms with van der Waals surface area (Å²) in [4.78, 5) is 22.8. The molecular formula is C13H19NO5. The summed E-state index contributed by atoms with van der Waals surface area (Å²) in [5.41, 5.74) is -0.795. The van der Waals surface area contributed by atoms with Crippen molar-refractivity contribution in [2.45, 2.75) is 38.8 Å². The Hall–Kier alpha value is -1.82. The van der Waals surface area contributed by atoms with Gasteiger partial charge in [-0.1, -0.05) is 6.92 Å². The molecule has 1 amide bonds. The highest BCUT2D eigenvalue weighted by atomic mass is 16.5. The zero-order valence-corrected chi connectivity index (χ0v) is 11.4. The number of nitrogens with one attached hydrogen (secondary N) is 1. The van der Waals surface area contributed by atoms with Gasteiger partial charge >= 0.3 is 5.97 Å². The molecule has 106 valence electrons. The van der Waals surface area contributed by atoms with Crippen molar-refractivity contribution in [3.8, 4) is 0 Å². The summed E-state index contributed by atoms with van der Waals surface area (Å²) in [6.45, 7) is 3.80. The smallest absolute Gasteiger partial charge is 0.305 e. The number of carboxylic acid groups (broad SMARTS) is 1. The van der Waals surface area contributed by atoms with E-state index in [1.807, 2.05) is 6.92 Å². The maximum absolute atomic E-state index is 12.0. The van der Waals surface area contributed by atoms with Crippen LogP contribution in [0.15, 0.2) is 16.5 Å². The Bertz CT molecular complexity index is 454. The molecule has 0 aliphatic heterocycles. The minimum Gasteiger partial charge on any atom is -0.481 e. The van der Waals surface area contributed by atoms with Crippen LogP contribution in [0.4, 0.5) is 0 Å². The summed E-state index contributed by atoms with van der Waals surface area (Å²) >= 11 is 0. The van der Waals surface area contributed by atoms with E-state index in [0.29, 0.717) is 12.2 Å². The highest BCUT2D eigenvalue weighted by Crippen LogP contribution is 2.16. The van der Waals surface area contributed by atoms with Gasteiger partial charge in [0.25, 0.3) is 5.91 Å². The summed E-state index contributed by atoms with van der Waals surface area (Å²) < 4.78 is 10.2. The van der Waals surface area contributed by atoms with E-state index in [1.165, 1.54) is 7.11 Å². The molecule has 1 aromatic rings. The van der Waals surface area contributed by atoms with Gasteiger partial charge in [-0.3, -0.25) is 9.59 Å². The lowest BCUT2D eigenvalue weighted by atomic mass is 9.94. The average Bonchev–Trinajstić information content (AvgIpc) is 2.77. The Labute approximate surface area is 111 Å². The fourth-order valence-electron chi connectivity index (χ4n) is 1.65. The molecule has 0 aliphatic rings. The van der Waals surface area contributed by atoms with Gasteiger partial charge in [-0.05, 0) is 25.5 Å². The van der Waals surface area contributed by atoms with Crippen LogP contribution in [-0.2, 0) is 16.1 Å². The third kappa shape index (κ3) is 4.40. The number of rotatable bonds is 7. The van der Waals surface area contributed by atoms with Crippen LogP contribution in [0.1, 0.15) is 43.0 Å². The van der Waals surface area contributed by atoms with Crippen LogP contribution < -0.4 is 5.32 Å². The van der Waals surface area contributed by atoms with E-state index in [2.05, 4.69) is 5.32 Å². The molecule has 0 spiro atoms. The van der Waals surface area contributed by atoms with E-state index in [9.17, 15) is 9.59 Å². The molecule has 1 heterocycles. The first kappa shape index (κ1) is 15.2. The van der Waals surface area contributed by atoms with Gasteiger partial charge < -0.3 is 19.6 Å². The molecular weight excluding hydrogens is 250 g/mol. The Morgan fingerprint density at radius 1 is 1.47 bits per heavy atom. The van der Waals surface area contributed by atoms with Crippen LogP contribution in [0.25, 0.3) is 0 Å². The monoisotopic (exact) mass is 269 g/mol. The molecule has 0 bridgehead atoms. The van der Waals surface area contributed by atoms with Crippen LogP contribution in [0.5, 0.6) is 0 Å². The lowest BCUT2D eigenvalue weighted by molar-refractivity contribution is -0.138. The summed E-state index contributed by atoms with van der Waals surface area (Å²) in [6, 6.07) is 3.19. The maximum atomic E-state index is 12.0. The van der Waals surface area contributed by atoms with Crippen molar-refractivity contribution in [2.24, 2.45) is 0 Å². The highest BCUT2D eigenvalue weighted by molar-refractivity contribution is 5.92. The van der Waals surface area contributed by atoms with E-state index in [4.69, 9.17) is 14.3 Å². The fraction of sp³-hybridized carbons (Fsp3) is 0.538. The van der Waals surface area contributed by atoms with Gasteiger partial charge in [0.05, 0.1) is 6.42 Å². The normalized spacial score (nSPS) is 13.8. The third-order valence-corrected chi connectivity index (χ3v) is 2.91. The summed E-state index contributed by atoms with van der Waals surface area (Å²) in [6.07, 6.45) is 0.373. The Morgan fingerprint density at radius 3 is 2.68 bits per heavy atom. The zero-order valence-electron chi connectivity index (χ0n) is 11.4. The Morgan fingerprint density at radius 2 is 2.16 bits per heavy atom. The largest absolute Gasteiger partial charge is 0.481 e. The maximum Gasteiger partial charge on any atom is 0.305 e. The fourth-order valence-corrected chi connectivity index (χ4v) is 1.65. The van der Waals surface area contributed by atoms with Gasteiger partial charge in [0.2, 0.25) is 0 Å². The van der Waals surface area contributed by atoms with Gasteiger partial charge in [-0.15, -0.1) is 0 Å². The first-order valence-corrected chi connectivity index (χ1v) is 6.02. The molecule has 19 heavy (non-hydrogen) atoms. The minimum atomic E-state index is -0.954. The number of hydrogen-bond donors (Lipinski definition) is 2. The topological polar surface area (TPSA) is 88.8 Å². The van der Waals surface area contributed by atoms with E-state index in [0.717, 1.165) is 0 Å². The van der Waals surface area contributed by atoms with E-state index in [-0.39, 0.29) is 18.8 Å². The lowest BCUT2D eigenvalue weighted by Crippen LogP contribution is -2.46. The predicted octanol–water partition coefficient (Wildman–Crippen LogP) is 1.80. The second-order valence-electron chi connectivity index (χ2n) is 4.64. The molecule has 0 saturated carbocycles. The predicted molar refractivity (Wildman–Crippen MR) is 67.8 cm³/mol. The van der Waals surface area contributed by atoms with Gasteiger partial charge in [0, 0.05) is 12.6 Å². The van der Waals surface area contributed by atoms with E-state index < -0.39 is 17.4 Å². The second-order valence-corrected chi connectivity index (χ2v) is 4.64. The Kier molecular flexibility index (Phi) is 5.11. The van der Waals surface area contributed by atoms with Crippen molar-refractivity contribution in [1.82, 2.24) is 5.32 Å². The Balaban J connectivity index is 2.73. The van der Waals surface area contributed by atoms with Crippen LogP contribution in [0.2, 0.25) is 0 Å². The summed E-state index contributed by atoms with van der Waals surface area (Å²) in [5.74, 6) is -0.682. The highest BCUT2D eigenvalue weighted by Gasteiger charge is 2.28. The average molecular weight is 269 g/mol. The number of ether oxygens (including phenoxy) is 1. The molecule has 6 nitrogen and oxygen atoms in total. The first-order chi connectivity index (χ1) is 8.90. The zero-order chi connectivity index (χ0) is 14.5. The molecule has 0 unspecified atom stereocenters. The number of carbonyl (C=O) groups is 2. The lowest BCUT2D eigenvalue weighted by Gasteiger charge is -2.27. The SMILES string of the molecule is CC[C@@](C)(CC(=O)O)NC(=O)c1ccc(COC)o1. The molecule has 0 aromatic carbocycles. The van der Waals surface area contributed by atoms with Gasteiger partial charge in [-0.2, -0.15) is 0 Å². The molecule has 0 aliphatic carbocycles. The summed E-state index contributed by atoms with van der Waals surface area (Å²) in [5, 5.41) is 11.5. The number of carboxylic acids is 1. The molecule has 1 rings (SSSR count). The van der Waals surface area contributed by atoms with Crippen molar-refractivity contribution in [3.63, 3.8) is 0 Å². The number of carbonyl (C=O) groups excluding carboxylic acids is 1.